The number of phenolic OH excluding ortho intramolecular Hbond substituents is 1. The first-order chi connectivity index (χ1) is 14.8. The van der Waals surface area contributed by atoms with E-state index in [1.165, 1.54) is 11.3 Å². The average Bonchev–Trinajstić information content (AvgIpc) is 2.73. The minimum atomic E-state index is -0.440. The number of hydrogen-bond acceptors (Lipinski definition) is 4. The van der Waals surface area contributed by atoms with Crippen LogP contribution in [0.1, 0.15) is 61.5 Å². The smallest absolute Gasteiger partial charge is 0.275 e. The van der Waals surface area contributed by atoms with Crippen molar-refractivity contribution < 1.29 is 9.90 Å². The van der Waals surface area contributed by atoms with Gasteiger partial charge in [-0.1, -0.05) is 37.3 Å². The Balaban J connectivity index is 1.53. The molecule has 3 aromatic carbocycles. The first-order valence-corrected chi connectivity index (χ1v) is 10.8. The quantitative estimate of drug-likeness (QED) is 0.442. The molecule has 160 valence electrons. The Morgan fingerprint density at radius 1 is 1.19 bits per heavy atom. The number of rotatable bonds is 4. The number of phenols is 1. The van der Waals surface area contributed by atoms with Gasteiger partial charge in [0.1, 0.15) is 5.75 Å². The Morgan fingerprint density at radius 2 is 1.90 bits per heavy atom. The van der Waals surface area contributed by atoms with E-state index in [-0.39, 0.29) is 16.9 Å². The van der Waals surface area contributed by atoms with Crippen molar-refractivity contribution in [3.8, 4) is 5.75 Å². The monoisotopic (exact) mass is 415 g/mol. The fourth-order valence-electron chi connectivity index (χ4n) is 4.82. The van der Waals surface area contributed by atoms with Gasteiger partial charge in [-0.3, -0.25) is 4.79 Å². The summed E-state index contributed by atoms with van der Waals surface area (Å²) in [6, 6.07) is 17.2. The Kier molecular flexibility index (Phi) is 5.44. The summed E-state index contributed by atoms with van der Waals surface area (Å²) in [4.78, 5) is 15.0. The van der Waals surface area contributed by atoms with Crippen LogP contribution in [0, 0.1) is 0 Å². The topological polar surface area (TPSA) is 64.9 Å². The van der Waals surface area contributed by atoms with Crippen molar-refractivity contribution in [3.63, 3.8) is 0 Å². The van der Waals surface area contributed by atoms with Crippen LogP contribution in [0.15, 0.2) is 59.7 Å². The number of anilines is 1. The maximum atomic E-state index is 12.5. The first kappa shape index (κ1) is 20.9. The van der Waals surface area contributed by atoms with Crippen LogP contribution in [0.25, 0.3) is 10.8 Å². The summed E-state index contributed by atoms with van der Waals surface area (Å²) in [5.74, 6) is -0.0497. The van der Waals surface area contributed by atoms with Crippen LogP contribution in [0.3, 0.4) is 0 Å². The molecule has 0 unspecified atom stereocenters. The minimum absolute atomic E-state index is 0.0590. The third kappa shape index (κ3) is 4.00. The van der Waals surface area contributed by atoms with Crippen LogP contribution < -0.4 is 10.3 Å². The van der Waals surface area contributed by atoms with Crippen molar-refractivity contribution in [1.29, 1.82) is 0 Å². The van der Waals surface area contributed by atoms with Crippen molar-refractivity contribution in [3.05, 3.63) is 71.3 Å². The zero-order chi connectivity index (χ0) is 22.2. The number of benzene rings is 3. The molecule has 0 bridgehead atoms. The lowest BCUT2D eigenvalue weighted by molar-refractivity contribution is 0.0952. The number of hydrogen-bond donors (Lipinski definition) is 2. The van der Waals surface area contributed by atoms with Gasteiger partial charge in [0.25, 0.3) is 5.91 Å². The average molecular weight is 416 g/mol. The fourth-order valence-corrected chi connectivity index (χ4v) is 4.82. The lowest BCUT2D eigenvalue weighted by Crippen LogP contribution is -2.48. The van der Waals surface area contributed by atoms with Crippen LogP contribution in [0.5, 0.6) is 5.75 Å². The van der Waals surface area contributed by atoms with Crippen molar-refractivity contribution in [1.82, 2.24) is 5.43 Å². The maximum Gasteiger partial charge on any atom is 0.275 e. The van der Waals surface area contributed by atoms with Gasteiger partial charge < -0.3 is 10.0 Å². The van der Waals surface area contributed by atoms with Crippen molar-refractivity contribution in [2.75, 3.05) is 11.4 Å². The molecule has 2 N–H and O–H groups in total. The predicted molar refractivity (Wildman–Crippen MR) is 127 cm³/mol. The molecule has 0 saturated heterocycles. The van der Waals surface area contributed by atoms with E-state index in [2.05, 4.69) is 55.3 Å². The molecule has 0 radical (unpaired) electrons. The summed E-state index contributed by atoms with van der Waals surface area (Å²) in [6.07, 6.45) is 2.74. The van der Waals surface area contributed by atoms with Crippen LogP contribution in [0.2, 0.25) is 0 Å². The Labute approximate surface area is 183 Å². The molecule has 1 aliphatic rings. The van der Waals surface area contributed by atoms with Gasteiger partial charge in [-0.25, -0.2) is 5.43 Å². The van der Waals surface area contributed by atoms with Crippen LogP contribution in [-0.2, 0) is 0 Å². The molecule has 0 spiro atoms. The first-order valence-electron chi connectivity index (χ1n) is 10.8. The molecule has 0 fully saturated rings. The third-order valence-corrected chi connectivity index (χ3v) is 6.21. The number of nitrogens with one attached hydrogen (secondary N) is 1. The number of carbonyl (C=O) groups is 1. The van der Waals surface area contributed by atoms with Crippen LogP contribution in [0.4, 0.5) is 5.69 Å². The van der Waals surface area contributed by atoms with Gasteiger partial charge in [0, 0.05) is 17.8 Å². The van der Waals surface area contributed by atoms with E-state index in [1.807, 2.05) is 30.3 Å². The van der Waals surface area contributed by atoms with Gasteiger partial charge in [-0.2, -0.15) is 5.10 Å². The Morgan fingerprint density at radius 3 is 2.61 bits per heavy atom. The Bertz CT molecular complexity index is 1170. The SMILES string of the molecule is CCN1c2ccc(/C=N\NC(=O)c3cc4ccccc4cc3O)cc2[C@H](C)CC1(C)C. The molecule has 1 aliphatic heterocycles. The van der Waals surface area contributed by atoms with Gasteiger partial charge in [-0.05, 0) is 79.3 Å². The maximum absolute atomic E-state index is 12.5. The molecule has 3 aromatic rings. The van der Waals surface area contributed by atoms with E-state index < -0.39 is 5.91 Å². The molecule has 0 saturated carbocycles. The van der Waals surface area contributed by atoms with Gasteiger partial charge in [0.15, 0.2) is 0 Å². The second-order valence-electron chi connectivity index (χ2n) is 8.90. The molecular weight excluding hydrogens is 386 g/mol. The number of nitrogens with zero attached hydrogens (tertiary/aromatic N) is 2. The summed E-state index contributed by atoms with van der Waals surface area (Å²) in [7, 11) is 0. The van der Waals surface area contributed by atoms with E-state index in [9.17, 15) is 9.90 Å². The molecule has 1 amide bonds. The molecule has 5 nitrogen and oxygen atoms in total. The summed E-state index contributed by atoms with van der Waals surface area (Å²) in [5.41, 5.74) is 6.39. The van der Waals surface area contributed by atoms with E-state index in [1.54, 1.807) is 18.3 Å². The zero-order valence-electron chi connectivity index (χ0n) is 18.5. The van der Waals surface area contributed by atoms with E-state index >= 15 is 0 Å². The molecule has 31 heavy (non-hydrogen) atoms. The van der Waals surface area contributed by atoms with Gasteiger partial charge in [-0.15, -0.1) is 0 Å². The van der Waals surface area contributed by atoms with E-state index in [4.69, 9.17) is 0 Å². The molecule has 5 heteroatoms. The second-order valence-corrected chi connectivity index (χ2v) is 8.90. The largest absolute Gasteiger partial charge is 0.507 e. The number of aromatic hydroxyl groups is 1. The number of carbonyl (C=O) groups excluding carboxylic acids is 1. The molecule has 1 atom stereocenters. The van der Waals surface area contributed by atoms with Gasteiger partial charge in [0.2, 0.25) is 0 Å². The standard InChI is InChI=1S/C26H29N3O2/c1-5-29-23-11-10-18(12-21(23)17(2)15-26(29,3)4)16-27-28-25(31)22-13-19-8-6-7-9-20(19)14-24(22)30/h6-14,16-17,30H,5,15H2,1-4H3,(H,28,31)/b27-16-/t17-/m1/s1. The molecule has 4 rings (SSSR count). The Hall–Kier alpha value is -3.34. The van der Waals surface area contributed by atoms with Crippen molar-refractivity contribution in [2.24, 2.45) is 5.10 Å². The van der Waals surface area contributed by atoms with E-state index in [0.717, 1.165) is 29.3 Å². The molecule has 0 aliphatic carbocycles. The highest BCUT2D eigenvalue weighted by atomic mass is 16.3. The summed E-state index contributed by atoms with van der Waals surface area (Å²) < 4.78 is 0. The molecule has 1 heterocycles. The van der Waals surface area contributed by atoms with Crippen LogP contribution >= 0.6 is 0 Å². The van der Waals surface area contributed by atoms with Gasteiger partial charge >= 0.3 is 0 Å². The predicted octanol–water partition coefficient (Wildman–Crippen LogP) is 5.42. The fraction of sp³-hybridized carbons (Fsp3) is 0.308. The lowest BCUT2D eigenvalue weighted by atomic mass is 9.79. The molecular formula is C26H29N3O2. The number of hydrazone groups is 1. The van der Waals surface area contributed by atoms with Gasteiger partial charge in [0.05, 0.1) is 11.8 Å². The van der Waals surface area contributed by atoms with Crippen molar-refractivity contribution in [2.45, 2.75) is 45.6 Å². The number of amides is 1. The lowest BCUT2D eigenvalue weighted by Gasteiger charge is -2.47. The minimum Gasteiger partial charge on any atom is -0.507 e. The summed E-state index contributed by atoms with van der Waals surface area (Å²) in [6.45, 7) is 10.0. The summed E-state index contributed by atoms with van der Waals surface area (Å²) >= 11 is 0. The van der Waals surface area contributed by atoms with Crippen LogP contribution in [-0.4, -0.2) is 29.3 Å². The highest BCUT2D eigenvalue weighted by Crippen LogP contribution is 2.43. The highest BCUT2D eigenvalue weighted by molar-refractivity contribution is 6.01. The third-order valence-electron chi connectivity index (χ3n) is 6.21. The second kappa shape index (κ2) is 8.06. The van der Waals surface area contributed by atoms with Crippen molar-refractivity contribution >= 4 is 28.6 Å². The van der Waals surface area contributed by atoms with E-state index in [0.29, 0.717) is 5.92 Å². The number of fused-ring (bicyclic) bond motifs is 2. The highest BCUT2D eigenvalue weighted by Gasteiger charge is 2.35. The molecule has 0 aromatic heterocycles. The summed E-state index contributed by atoms with van der Waals surface area (Å²) in [5, 5.41) is 16.1. The normalized spacial score (nSPS) is 17.7. The zero-order valence-corrected chi connectivity index (χ0v) is 18.5.